The van der Waals surface area contributed by atoms with E-state index in [1.54, 1.807) is 0 Å². The van der Waals surface area contributed by atoms with Crippen molar-refractivity contribution >= 4 is 23.6 Å². The number of thiol groups is 1. The first-order chi connectivity index (χ1) is 9.86. The molecule has 1 aromatic heterocycles. The van der Waals surface area contributed by atoms with E-state index in [0.29, 0.717) is 18.2 Å². The van der Waals surface area contributed by atoms with Crippen molar-refractivity contribution in [3.05, 3.63) is 23.9 Å². The Labute approximate surface area is 127 Å². The molecule has 1 aliphatic rings. The lowest BCUT2D eigenvalue weighted by atomic mass is 9.92. The zero-order valence-electron chi connectivity index (χ0n) is 11.4. The molecule has 0 aromatic carbocycles. The van der Waals surface area contributed by atoms with Crippen LogP contribution >= 0.6 is 12.6 Å². The minimum atomic E-state index is -4.35. The predicted molar refractivity (Wildman–Crippen MR) is 77.4 cm³/mol. The van der Waals surface area contributed by atoms with E-state index in [4.69, 9.17) is 0 Å². The molecule has 2 heterocycles. The molecule has 116 valence electrons. The number of hydrogen-bond donors (Lipinski definition) is 1. The molecule has 1 saturated heterocycles. The summed E-state index contributed by atoms with van der Waals surface area (Å²) in [6, 6.07) is 2.48. The average molecular weight is 318 g/mol. The molecule has 0 unspecified atom stereocenters. The Morgan fingerprint density at radius 1 is 1.33 bits per heavy atom. The number of halogens is 3. The van der Waals surface area contributed by atoms with E-state index < -0.39 is 11.7 Å². The molecule has 0 atom stereocenters. The lowest BCUT2D eigenvalue weighted by Gasteiger charge is -2.32. The highest BCUT2D eigenvalue weighted by Gasteiger charge is 2.31. The number of carbonyl (C=O) groups is 1. The van der Waals surface area contributed by atoms with Crippen LogP contribution in [0.25, 0.3) is 0 Å². The Morgan fingerprint density at radius 2 is 2.00 bits per heavy atom. The molecule has 0 N–H and O–H groups in total. The van der Waals surface area contributed by atoms with E-state index in [0.717, 1.165) is 44.6 Å². The van der Waals surface area contributed by atoms with Gasteiger partial charge in [-0.15, -0.1) is 12.6 Å². The molecule has 2 rings (SSSR count). The fraction of sp³-hybridized carbons (Fsp3) is 0.571. The molecular weight excluding hydrogens is 301 g/mol. The number of rotatable bonds is 4. The van der Waals surface area contributed by atoms with Gasteiger partial charge in [-0.1, -0.05) is 0 Å². The summed E-state index contributed by atoms with van der Waals surface area (Å²) in [5, 5.41) is -0.0955. The third-order valence-electron chi connectivity index (χ3n) is 3.78. The smallest absolute Gasteiger partial charge is 0.357 e. The van der Waals surface area contributed by atoms with Gasteiger partial charge in [-0.25, -0.2) is 4.98 Å². The molecule has 0 aliphatic carbocycles. The molecule has 0 amide bonds. The lowest BCUT2D eigenvalue weighted by molar-refractivity contribution is -0.137. The van der Waals surface area contributed by atoms with E-state index in [9.17, 15) is 18.0 Å². The van der Waals surface area contributed by atoms with Crippen LogP contribution in [0, 0.1) is 5.92 Å². The second-order valence-corrected chi connectivity index (χ2v) is 5.76. The highest BCUT2D eigenvalue weighted by molar-refractivity contribution is 7.96. The van der Waals surface area contributed by atoms with Gasteiger partial charge in [0.05, 0.1) is 5.56 Å². The Bertz CT molecular complexity index is 482. The summed E-state index contributed by atoms with van der Waals surface area (Å²) in [6.07, 6.45) is -0.324. The minimum Gasteiger partial charge on any atom is -0.357 e. The summed E-state index contributed by atoms with van der Waals surface area (Å²) in [6.45, 7) is 1.51. The molecule has 1 fully saturated rings. The largest absolute Gasteiger partial charge is 0.417 e. The maximum absolute atomic E-state index is 12.5. The maximum atomic E-state index is 12.5. The molecular formula is C14H17F3N2OS. The quantitative estimate of drug-likeness (QED) is 0.862. The first-order valence-corrected chi connectivity index (χ1v) is 7.31. The highest BCUT2D eigenvalue weighted by atomic mass is 32.1. The molecule has 3 nitrogen and oxygen atoms in total. The molecule has 21 heavy (non-hydrogen) atoms. The van der Waals surface area contributed by atoms with Crippen molar-refractivity contribution in [3.8, 4) is 0 Å². The Morgan fingerprint density at radius 3 is 2.48 bits per heavy atom. The lowest BCUT2D eigenvalue weighted by Crippen LogP contribution is -2.34. The molecule has 0 spiro atoms. The number of alkyl halides is 3. The van der Waals surface area contributed by atoms with Gasteiger partial charge in [-0.3, -0.25) is 4.79 Å². The van der Waals surface area contributed by atoms with Crippen LogP contribution in [0.4, 0.5) is 19.0 Å². The van der Waals surface area contributed by atoms with Crippen LogP contribution in [-0.4, -0.2) is 23.2 Å². The van der Waals surface area contributed by atoms with Crippen molar-refractivity contribution in [2.45, 2.75) is 31.9 Å². The van der Waals surface area contributed by atoms with Crippen molar-refractivity contribution in [3.63, 3.8) is 0 Å². The summed E-state index contributed by atoms with van der Waals surface area (Å²) in [4.78, 5) is 16.7. The summed E-state index contributed by atoms with van der Waals surface area (Å²) < 4.78 is 37.4. The van der Waals surface area contributed by atoms with Gasteiger partial charge >= 0.3 is 6.18 Å². The highest BCUT2D eigenvalue weighted by Crippen LogP contribution is 2.30. The fourth-order valence-corrected chi connectivity index (χ4v) is 2.65. The molecule has 1 aliphatic heterocycles. The van der Waals surface area contributed by atoms with Crippen molar-refractivity contribution in [2.24, 2.45) is 5.92 Å². The first-order valence-electron chi connectivity index (χ1n) is 6.86. The number of piperidine rings is 1. The van der Waals surface area contributed by atoms with Gasteiger partial charge in [-0.05, 0) is 37.3 Å². The fourth-order valence-electron chi connectivity index (χ4n) is 2.52. The van der Waals surface area contributed by atoms with E-state index in [1.807, 2.05) is 4.90 Å². The van der Waals surface area contributed by atoms with E-state index in [-0.39, 0.29) is 5.12 Å². The molecule has 1 aromatic rings. The van der Waals surface area contributed by atoms with Crippen LogP contribution in [0.3, 0.4) is 0 Å². The Hall–Kier alpha value is -1.24. The number of carbonyl (C=O) groups excluding carboxylic acids is 1. The second-order valence-electron chi connectivity index (χ2n) is 5.27. The normalized spacial score (nSPS) is 17.0. The summed E-state index contributed by atoms with van der Waals surface area (Å²) in [5.74, 6) is 1.05. The summed E-state index contributed by atoms with van der Waals surface area (Å²) in [7, 11) is 0. The number of nitrogens with zero attached hydrogens (tertiary/aromatic N) is 2. The molecule has 0 bridgehead atoms. The zero-order chi connectivity index (χ0) is 15.5. The van der Waals surface area contributed by atoms with E-state index >= 15 is 0 Å². The van der Waals surface area contributed by atoms with Crippen LogP contribution in [0.15, 0.2) is 18.3 Å². The van der Waals surface area contributed by atoms with Crippen molar-refractivity contribution < 1.29 is 18.0 Å². The van der Waals surface area contributed by atoms with Crippen molar-refractivity contribution in [2.75, 3.05) is 18.0 Å². The van der Waals surface area contributed by atoms with Gasteiger partial charge in [0.25, 0.3) is 0 Å². The van der Waals surface area contributed by atoms with Crippen LogP contribution in [-0.2, 0) is 11.0 Å². The van der Waals surface area contributed by atoms with Crippen LogP contribution in [0.2, 0.25) is 0 Å². The van der Waals surface area contributed by atoms with Crippen molar-refractivity contribution in [1.82, 2.24) is 4.98 Å². The van der Waals surface area contributed by atoms with Gasteiger partial charge in [-0.2, -0.15) is 13.2 Å². The number of aromatic nitrogens is 1. The standard InChI is InChI=1S/C14H17F3N2OS/c15-14(16,17)11-2-3-12(18-9-11)19-7-5-10(6-8-19)1-4-13(20)21/h2-3,9-10H,1,4-8H2,(H,20,21). The SMILES string of the molecule is O=C(S)CCC1CCN(c2ccc(C(F)(F)F)cn2)CC1. The zero-order valence-corrected chi connectivity index (χ0v) is 12.3. The maximum Gasteiger partial charge on any atom is 0.417 e. The van der Waals surface area contributed by atoms with Crippen LogP contribution < -0.4 is 4.90 Å². The molecule has 0 radical (unpaired) electrons. The topological polar surface area (TPSA) is 33.2 Å². The first kappa shape index (κ1) is 16.1. The number of anilines is 1. The summed E-state index contributed by atoms with van der Waals surface area (Å²) >= 11 is 3.75. The van der Waals surface area contributed by atoms with Crippen LogP contribution in [0.5, 0.6) is 0 Å². The third-order valence-corrected chi connectivity index (χ3v) is 4.00. The molecule has 7 heteroatoms. The van der Waals surface area contributed by atoms with E-state index in [1.165, 1.54) is 6.07 Å². The van der Waals surface area contributed by atoms with Crippen molar-refractivity contribution in [1.29, 1.82) is 0 Å². The van der Waals surface area contributed by atoms with Gasteiger partial charge in [0.1, 0.15) is 5.82 Å². The predicted octanol–water partition coefficient (Wildman–Crippen LogP) is 3.55. The third kappa shape index (κ3) is 4.62. The van der Waals surface area contributed by atoms with Gasteiger partial charge < -0.3 is 4.90 Å². The average Bonchev–Trinajstić information content (AvgIpc) is 2.45. The number of pyridine rings is 1. The van der Waals surface area contributed by atoms with E-state index in [2.05, 4.69) is 17.6 Å². The second kappa shape index (κ2) is 6.68. The van der Waals surface area contributed by atoms with Gasteiger partial charge in [0, 0.05) is 25.7 Å². The monoisotopic (exact) mass is 318 g/mol. The molecule has 0 saturated carbocycles. The Kier molecular flexibility index (Phi) is 5.13. The summed E-state index contributed by atoms with van der Waals surface area (Å²) in [5.41, 5.74) is -0.728. The van der Waals surface area contributed by atoms with Gasteiger partial charge in [0.15, 0.2) is 5.12 Å². The minimum absolute atomic E-state index is 0.0955. The van der Waals surface area contributed by atoms with Gasteiger partial charge in [0.2, 0.25) is 0 Å². The Balaban J connectivity index is 1.89. The van der Waals surface area contributed by atoms with Crippen LogP contribution in [0.1, 0.15) is 31.2 Å². The number of hydrogen-bond acceptors (Lipinski definition) is 3.